The molecular formula is C19H24N2O3. The summed E-state index contributed by atoms with van der Waals surface area (Å²) in [5, 5.41) is 0. The van der Waals surface area contributed by atoms with Crippen LogP contribution in [-0.4, -0.2) is 49.6 Å². The van der Waals surface area contributed by atoms with Crippen molar-refractivity contribution in [2.45, 2.75) is 19.5 Å². The first-order valence-electron chi connectivity index (χ1n) is 8.23. The molecule has 24 heavy (non-hydrogen) atoms. The molecule has 0 saturated carbocycles. The van der Waals surface area contributed by atoms with Crippen molar-refractivity contribution in [1.29, 1.82) is 0 Å². The average Bonchev–Trinajstić information content (AvgIpc) is 3.01. The second-order valence-corrected chi connectivity index (χ2v) is 6.47. The van der Waals surface area contributed by atoms with Crippen molar-refractivity contribution < 1.29 is 13.9 Å². The smallest absolute Gasteiger partial charge is 0.254 e. The van der Waals surface area contributed by atoms with E-state index in [0.29, 0.717) is 25.3 Å². The quantitative estimate of drug-likeness (QED) is 0.866. The largest absolute Gasteiger partial charge is 0.464 e. The summed E-state index contributed by atoms with van der Waals surface area (Å²) < 4.78 is 11.3. The lowest BCUT2D eigenvalue weighted by Gasteiger charge is -2.34. The van der Waals surface area contributed by atoms with Crippen LogP contribution in [0.3, 0.4) is 0 Å². The Bertz CT molecular complexity index is 691. The fraction of sp³-hybridized carbons (Fsp3) is 0.421. The first-order valence-corrected chi connectivity index (χ1v) is 8.23. The fourth-order valence-electron chi connectivity index (χ4n) is 3.00. The van der Waals surface area contributed by atoms with Crippen LogP contribution in [0.2, 0.25) is 0 Å². The minimum absolute atomic E-state index is 0.0220. The summed E-state index contributed by atoms with van der Waals surface area (Å²) in [6.07, 6.45) is 0. The van der Waals surface area contributed by atoms with Gasteiger partial charge >= 0.3 is 0 Å². The molecule has 0 N–H and O–H groups in total. The van der Waals surface area contributed by atoms with E-state index in [1.54, 1.807) is 0 Å². The van der Waals surface area contributed by atoms with Crippen LogP contribution in [0, 0.1) is 6.92 Å². The number of benzene rings is 1. The van der Waals surface area contributed by atoms with Gasteiger partial charge in [0, 0.05) is 18.7 Å². The van der Waals surface area contributed by atoms with Crippen molar-refractivity contribution >= 4 is 5.91 Å². The van der Waals surface area contributed by atoms with Gasteiger partial charge in [0.2, 0.25) is 0 Å². The van der Waals surface area contributed by atoms with Gasteiger partial charge in [0.25, 0.3) is 5.91 Å². The van der Waals surface area contributed by atoms with Crippen molar-refractivity contribution in [3.05, 3.63) is 59.0 Å². The Hall–Kier alpha value is -2.11. The van der Waals surface area contributed by atoms with Gasteiger partial charge in [0.1, 0.15) is 17.6 Å². The van der Waals surface area contributed by atoms with E-state index >= 15 is 0 Å². The Kier molecular flexibility index (Phi) is 5.02. The number of carbonyl (C=O) groups is 1. The van der Waals surface area contributed by atoms with Crippen LogP contribution >= 0.6 is 0 Å². The third-order valence-electron chi connectivity index (χ3n) is 4.18. The summed E-state index contributed by atoms with van der Waals surface area (Å²) in [6, 6.07) is 11.5. The van der Waals surface area contributed by atoms with E-state index in [0.717, 1.165) is 18.1 Å². The molecule has 0 radical (unpaired) electrons. The highest BCUT2D eigenvalue weighted by molar-refractivity contribution is 5.94. The van der Waals surface area contributed by atoms with Crippen LogP contribution in [0.1, 0.15) is 33.5 Å². The Morgan fingerprint density at radius 1 is 1.21 bits per heavy atom. The number of nitrogens with zero attached hydrogens (tertiary/aromatic N) is 2. The second kappa shape index (κ2) is 7.20. The molecule has 1 aliphatic heterocycles. The second-order valence-electron chi connectivity index (χ2n) is 6.47. The maximum atomic E-state index is 12.9. The van der Waals surface area contributed by atoms with Crippen LogP contribution in [0.15, 0.2) is 40.8 Å². The summed E-state index contributed by atoms with van der Waals surface area (Å²) >= 11 is 0. The molecule has 1 aliphatic rings. The molecule has 5 heteroatoms. The van der Waals surface area contributed by atoms with Gasteiger partial charge in [0.05, 0.1) is 13.2 Å². The van der Waals surface area contributed by atoms with Crippen molar-refractivity contribution in [3.63, 3.8) is 0 Å². The number of ether oxygens (including phenoxy) is 1. The molecule has 1 fully saturated rings. The molecule has 0 bridgehead atoms. The van der Waals surface area contributed by atoms with E-state index in [2.05, 4.69) is 4.90 Å². The van der Waals surface area contributed by atoms with Crippen LogP contribution in [-0.2, 0) is 11.3 Å². The molecule has 0 aliphatic carbocycles. The summed E-state index contributed by atoms with van der Waals surface area (Å²) in [4.78, 5) is 16.9. The molecule has 1 saturated heterocycles. The molecule has 2 heterocycles. The summed E-state index contributed by atoms with van der Waals surface area (Å²) in [5.41, 5.74) is 1.89. The lowest BCUT2D eigenvalue weighted by molar-refractivity contribution is -0.00895. The van der Waals surface area contributed by atoms with E-state index in [1.807, 2.05) is 62.3 Å². The van der Waals surface area contributed by atoms with Gasteiger partial charge in [-0.3, -0.25) is 4.79 Å². The van der Waals surface area contributed by atoms with Gasteiger partial charge in [-0.15, -0.1) is 0 Å². The Morgan fingerprint density at radius 3 is 2.58 bits per heavy atom. The third kappa shape index (κ3) is 3.68. The van der Waals surface area contributed by atoms with Gasteiger partial charge in [-0.2, -0.15) is 0 Å². The molecule has 1 amide bonds. The van der Waals surface area contributed by atoms with Gasteiger partial charge in [0.15, 0.2) is 0 Å². The number of furan rings is 1. The highest BCUT2D eigenvalue weighted by Crippen LogP contribution is 2.27. The standard InChI is InChI=1S/C19H24N2O3/c1-14-4-9-18(24-14)17-13-23-11-10-21(17)19(22)16-7-5-15(6-8-16)12-20(2)3/h4-9,17H,10-13H2,1-3H3/t17-/m0/s1. The van der Waals surface area contributed by atoms with E-state index in [1.165, 1.54) is 5.56 Å². The van der Waals surface area contributed by atoms with E-state index < -0.39 is 0 Å². The third-order valence-corrected chi connectivity index (χ3v) is 4.18. The zero-order chi connectivity index (χ0) is 17.1. The molecule has 5 nitrogen and oxygen atoms in total. The van der Waals surface area contributed by atoms with Crippen molar-refractivity contribution in [2.24, 2.45) is 0 Å². The first-order chi connectivity index (χ1) is 11.5. The SMILES string of the molecule is Cc1ccc([C@@H]2COCCN2C(=O)c2ccc(CN(C)C)cc2)o1. The Morgan fingerprint density at radius 2 is 1.96 bits per heavy atom. The van der Waals surface area contributed by atoms with Crippen LogP contribution in [0.5, 0.6) is 0 Å². The fourth-order valence-corrected chi connectivity index (χ4v) is 3.00. The maximum absolute atomic E-state index is 12.9. The molecular weight excluding hydrogens is 304 g/mol. The van der Waals surface area contributed by atoms with Crippen molar-refractivity contribution in [3.8, 4) is 0 Å². The van der Waals surface area contributed by atoms with E-state index in [9.17, 15) is 4.79 Å². The minimum Gasteiger partial charge on any atom is -0.464 e. The maximum Gasteiger partial charge on any atom is 0.254 e. The minimum atomic E-state index is -0.165. The van der Waals surface area contributed by atoms with E-state index in [4.69, 9.17) is 9.15 Å². The molecule has 1 aromatic carbocycles. The molecule has 1 atom stereocenters. The van der Waals surface area contributed by atoms with Gasteiger partial charge < -0.3 is 19.0 Å². The summed E-state index contributed by atoms with van der Waals surface area (Å²) in [5.74, 6) is 1.65. The molecule has 0 unspecified atom stereocenters. The summed E-state index contributed by atoms with van der Waals surface area (Å²) in [7, 11) is 4.06. The Labute approximate surface area is 142 Å². The normalized spacial score (nSPS) is 18.2. The zero-order valence-corrected chi connectivity index (χ0v) is 14.5. The number of aryl methyl sites for hydroxylation is 1. The average molecular weight is 328 g/mol. The predicted molar refractivity (Wildman–Crippen MR) is 91.9 cm³/mol. The zero-order valence-electron chi connectivity index (χ0n) is 14.5. The van der Waals surface area contributed by atoms with Crippen molar-refractivity contribution in [2.75, 3.05) is 33.9 Å². The molecule has 1 aromatic heterocycles. The topological polar surface area (TPSA) is 45.9 Å². The highest BCUT2D eigenvalue weighted by Gasteiger charge is 2.31. The number of morpholine rings is 1. The Balaban J connectivity index is 1.78. The number of amides is 1. The van der Waals surface area contributed by atoms with Gasteiger partial charge in [-0.25, -0.2) is 0 Å². The number of carbonyl (C=O) groups excluding carboxylic acids is 1. The highest BCUT2D eigenvalue weighted by atomic mass is 16.5. The summed E-state index contributed by atoms with van der Waals surface area (Å²) in [6.45, 7) is 4.36. The molecule has 128 valence electrons. The van der Waals surface area contributed by atoms with Crippen LogP contribution in [0.4, 0.5) is 0 Å². The predicted octanol–water partition coefficient (Wildman–Crippen LogP) is 2.86. The van der Waals surface area contributed by atoms with Crippen LogP contribution < -0.4 is 0 Å². The molecule has 2 aromatic rings. The van der Waals surface area contributed by atoms with Crippen molar-refractivity contribution in [1.82, 2.24) is 9.80 Å². The lowest BCUT2D eigenvalue weighted by Crippen LogP contribution is -2.43. The van der Waals surface area contributed by atoms with Gasteiger partial charge in [-0.1, -0.05) is 12.1 Å². The van der Waals surface area contributed by atoms with Crippen LogP contribution in [0.25, 0.3) is 0 Å². The first kappa shape index (κ1) is 16.7. The lowest BCUT2D eigenvalue weighted by atomic mass is 10.1. The van der Waals surface area contributed by atoms with E-state index in [-0.39, 0.29) is 11.9 Å². The number of hydrogen-bond donors (Lipinski definition) is 0. The van der Waals surface area contributed by atoms with Gasteiger partial charge in [-0.05, 0) is 50.8 Å². The number of rotatable bonds is 4. The molecule has 3 rings (SSSR count). The number of hydrogen-bond acceptors (Lipinski definition) is 4. The molecule has 0 spiro atoms. The monoisotopic (exact) mass is 328 g/mol.